The Morgan fingerprint density at radius 3 is 3.06 bits per heavy atom. The second-order valence-electron chi connectivity index (χ2n) is 3.87. The molecule has 1 amide bonds. The molecule has 1 unspecified atom stereocenters. The van der Waals surface area contributed by atoms with E-state index in [-0.39, 0.29) is 11.7 Å². The molecule has 16 heavy (non-hydrogen) atoms. The number of carbonyl (C=O) groups excluding carboxylic acids is 1. The Bertz CT molecular complexity index is 391. The van der Waals surface area contributed by atoms with Crippen LogP contribution in [0.5, 0.6) is 5.75 Å². The molecule has 1 aliphatic rings. The molecule has 1 atom stereocenters. The molecule has 2 rings (SSSR count). The second kappa shape index (κ2) is 4.74. The van der Waals surface area contributed by atoms with E-state index >= 15 is 0 Å². The van der Waals surface area contributed by atoms with E-state index in [2.05, 4.69) is 4.98 Å². The van der Waals surface area contributed by atoms with Crippen molar-refractivity contribution in [1.29, 1.82) is 0 Å². The zero-order valence-corrected chi connectivity index (χ0v) is 9.91. The number of pyridine rings is 1. The van der Waals surface area contributed by atoms with E-state index in [4.69, 9.17) is 0 Å². The molecule has 1 saturated heterocycles. The van der Waals surface area contributed by atoms with Gasteiger partial charge in [0.25, 0.3) is 5.91 Å². The van der Waals surface area contributed by atoms with E-state index in [1.165, 1.54) is 18.5 Å². The summed E-state index contributed by atoms with van der Waals surface area (Å²) in [4.78, 5) is 17.6. The number of thioether (sulfide) groups is 1. The van der Waals surface area contributed by atoms with E-state index in [9.17, 15) is 9.90 Å². The van der Waals surface area contributed by atoms with Crippen LogP contribution in [0.15, 0.2) is 18.5 Å². The Balaban J connectivity index is 2.12. The van der Waals surface area contributed by atoms with Crippen molar-refractivity contribution in [2.24, 2.45) is 0 Å². The summed E-state index contributed by atoms with van der Waals surface area (Å²) in [6.45, 7) is 0. The second-order valence-corrected chi connectivity index (χ2v) is 5.02. The fraction of sp³-hybridized carbons (Fsp3) is 0.455. The third kappa shape index (κ3) is 2.29. The highest BCUT2D eigenvalue weighted by Gasteiger charge is 2.24. The van der Waals surface area contributed by atoms with E-state index in [1.807, 2.05) is 18.8 Å². The van der Waals surface area contributed by atoms with Crippen molar-refractivity contribution < 1.29 is 9.90 Å². The summed E-state index contributed by atoms with van der Waals surface area (Å²) in [5.41, 5.74) is 0.444. The molecular formula is C11H14N2O2S. The summed E-state index contributed by atoms with van der Waals surface area (Å²) in [6, 6.07) is 1.76. The molecule has 0 radical (unpaired) electrons. The van der Waals surface area contributed by atoms with Gasteiger partial charge in [-0.25, -0.2) is 0 Å². The van der Waals surface area contributed by atoms with E-state index in [0.29, 0.717) is 11.6 Å². The molecule has 0 spiro atoms. The van der Waals surface area contributed by atoms with E-state index in [0.717, 1.165) is 17.9 Å². The first-order valence-corrected chi connectivity index (χ1v) is 6.33. The zero-order chi connectivity index (χ0) is 11.5. The maximum absolute atomic E-state index is 12.0. The smallest absolute Gasteiger partial charge is 0.255 e. The fourth-order valence-corrected chi connectivity index (χ4v) is 3.01. The van der Waals surface area contributed by atoms with Crippen LogP contribution < -0.4 is 0 Å². The predicted octanol–water partition coefficient (Wildman–Crippen LogP) is 1.36. The molecule has 1 fully saturated rings. The molecule has 86 valence electrons. The maximum atomic E-state index is 12.0. The van der Waals surface area contributed by atoms with Crippen molar-refractivity contribution in [3.05, 3.63) is 24.0 Å². The third-order valence-electron chi connectivity index (χ3n) is 2.74. The third-order valence-corrected chi connectivity index (χ3v) is 3.89. The highest BCUT2D eigenvalue weighted by atomic mass is 32.2. The monoisotopic (exact) mass is 238 g/mol. The molecule has 5 heteroatoms. The van der Waals surface area contributed by atoms with Gasteiger partial charge in [0.05, 0.1) is 11.8 Å². The van der Waals surface area contributed by atoms with E-state index in [1.54, 1.807) is 4.90 Å². The normalized spacial score (nSPS) is 19.7. The largest absolute Gasteiger partial charge is 0.506 e. The van der Waals surface area contributed by atoms with Crippen LogP contribution in [-0.2, 0) is 0 Å². The Hall–Kier alpha value is -1.23. The lowest BCUT2D eigenvalue weighted by Crippen LogP contribution is -2.36. The Morgan fingerprint density at radius 1 is 1.62 bits per heavy atom. The number of rotatable bonds is 2. The van der Waals surface area contributed by atoms with Crippen molar-refractivity contribution in [3.63, 3.8) is 0 Å². The van der Waals surface area contributed by atoms with E-state index < -0.39 is 0 Å². The Labute approximate surface area is 98.7 Å². The fourth-order valence-electron chi connectivity index (χ4n) is 1.74. The van der Waals surface area contributed by atoms with Gasteiger partial charge in [0, 0.05) is 25.0 Å². The van der Waals surface area contributed by atoms with Crippen molar-refractivity contribution in [1.82, 2.24) is 9.88 Å². The van der Waals surface area contributed by atoms with Crippen LogP contribution in [0.3, 0.4) is 0 Å². The van der Waals surface area contributed by atoms with Gasteiger partial charge in [0.2, 0.25) is 0 Å². The SMILES string of the molecule is CN(C(=O)c1cncc(O)c1)C1CCSC1. The number of hydrogen-bond acceptors (Lipinski definition) is 4. The van der Waals surface area contributed by atoms with Crippen LogP contribution in [0, 0.1) is 0 Å². The van der Waals surface area contributed by atoms with Gasteiger partial charge < -0.3 is 10.0 Å². The van der Waals surface area contributed by atoms with Crippen LogP contribution in [-0.4, -0.2) is 45.5 Å². The van der Waals surface area contributed by atoms with Gasteiger partial charge in [-0.3, -0.25) is 9.78 Å². The minimum Gasteiger partial charge on any atom is -0.506 e. The van der Waals surface area contributed by atoms with Crippen LogP contribution in [0.25, 0.3) is 0 Å². The average molecular weight is 238 g/mol. The van der Waals surface area contributed by atoms with Gasteiger partial charge in [-0.1, -0.05) is 0 Å². The number of amides is 1. The first-order chi connectivity index (χ1) is 7.68. The summed E-state index contributed by atoms with van der Waals surface area (Å²) in [7, 11) is 1.81. The Kier molecular flexibility index (Phi) is 3.33. The van der Waals surface area contributed by atoms with Crippen LogP contribution in [0.4, 0.5) is 0 Å². The highest BCUT2D eigenvalue weighted by molar-refractivity contribution is 7.99. The quantitative estimate of drug-likeness (QED) is 0.845. The molecule has 0 aliphatic carbocycles. The lowest BCUT2D eigenvalue weighted by Gasteiger charge is -2.23. The summed E-state index contributed by atoms with van der Waals surface area (Å²) >= 11 is 1.87. The summed E-state index contributed by atoms with van der Waals surface area (Å²) < 4.78 is 0. The number of hydrogen-bond donors (Lipinski definition) is 1. The average Bonchev–Trinajstić information content (AvgIpc) is 2.80. The van der Waals surface area contributed by atoms with Crippen molar-refractivity contribution in [3.8, 4) is 5.75 Å². The number of nitrogens with zero attached hydrogens (tertiary/aromatic N) is 2. The molecule has 0 saturated carbocycles. The van der Waals surface area contributed by atoms with Crippen LogP contribution in [0.2, 0.25) is 0 Å². The van der Waals surface area contributed by atoms with Gasteiger partial charge >= 0.3 is 0 Å². The van der Waals surface area contributed by atoms with Gasteiger partial charge in [-0.15, -0.1) is 0 Å². The van der Waals surface area contributed by atoms with Crippen molar-refractivity contribution in [2.75, 3.05) is 18.6 Å². The van der Waals surface area contributed by atoms with Crippen molar-refractivity contribution in [2.45, 2.75) is 12.5 Å². The first kappa shape index (κ1) is 11.3. The minimum atomic E-state index is -0.0732. The molecule has 1 aliphatic heterocycles. The van der Waals surface area contributed by atoms with Gasteiger partial charge in [-0.05, 0) is 18.2 Å². The van der Waals surface area contributed by atoms with Crippen LogP contribution >= 0.6 is 11.8 Å². The van der Waals surface area contributed by atoms with Crippen molar-refractivity contribution >= 4 is 17.7 Å². The lowest BCUT2D eigenvalue weighted by molar-refractivity contribution is 0.0747. The number of aromatic nitrogens is 1. The Morgan fingerprint density at radius 2 is 2.44 bits per heavy atom. The standard InChI is InChI=1S/C11H14N2O2S/c1-13(9-2-3-16-7-9)11(15)8-4-10(14)6-12-5-8/h4-6,9,14H,2-3,7H2,1H3. The molecule has 1 N–H and O–H groups in total. The molecule has 4 nitrogen and oxygen atoms in total. The summed E-state index contributed by atoms with van der Waals surface area (Å²) in [5.74, 6) is 2.06. The maximum Gasteiger partial charge on any atom is 0.255 e. The topological polar surface area (TPSA) is 53.4 Å². The molecule has 1 aromatic rings. The van der Waals surface area contributed by atoms with Gasteiger partial charge in [0.1, 0.15) is 5.75 Å². The highest BCUT2D eigenvalue weighted by Crippen LogP contribution is 2.22. The lowest BCUT2D eigenvalue weighted by atomic mass is 10.2. The summed E-state index contributed by atoms with van der Waals surface area (Å²) in [6.07, 6.45) is 3.85. The molecule has 2 heterocycles. The molecule has 1 aromatic heterocycles. The molecule has 0 bridgehead atoms. The van der Waals surface area contributed by atoms with Gasteiger partial charge in [0.15, 0.2) is 0 Å². The zero-order valence-electron chi connectivity index (χ0n) is 9.09. The predicted molar refractivity (Wildman–Crippen MR) is 63.7 cm³/mol. The molecule has 0 aromatic carbocycles. The molecular weight excluding hydrogens is 224 g/mol. The minimum absolute atomic E-state index is 0.0278. The van der Waals surface area contributed by atoms with Gasteiger partial charge in [-0.2, -0.15) is 11.8 Å². The first-order valence-electron chi connectivity index (χ1n) is 5.17. The number of aromatic hydroxyl groups is 1. The number of carbonyl (C=O) groups is 1. The van der Waals surface area contributed by atoms with Crippen LogP contribution in [0.1, 0.15) is 16.8 Å². The summed E-state index contributed by atoms with van der Waals surface area (Å²) in [5, 5.41) is 9.27.